The maximum atomic E-state index is 11.5. The molecule has 0 radical (unpaired) electrons. The van der Waals surface area contributed by atoms with Crippen LogP contribution in [0.25, 0.3) is 0 Å². The molecule has 1 aliphatic rings. The second kappa shape index (κ2) is 10.0. The van der Waals surface area contributed by atoms with E-state index in [2.05, 4.69) is 0 Å². The van der Waals surface area contributed by atoms with Gasteiger partial charge in [-0.15, -0.1) is 0 Å². The summed E-state index contributed by atoms with van der Waals surface area (Å²) in [5.74, 6) is 0.830. The van der Waals surface area contributed by atoms with Crippen molar-refractivity contribution in [1.82, 2.24) is 0 Å². The third kappa shape index (κ3) is 7.36. The average molecular weight is 279 g/mol. The van der Waals surface area contributed by atoms with Crippen LogP contribution in [0.2, 0.25) is 0 Å². The van der Waals surface area contributed by atoms with Gasteiger partial charge in [-0.1, -0.05) is 44.9 Å². The molecule has 1 rings (SSSR count). The molecule has 0 aromatic rings. The molecule has 0 saturated carbocycles. The number of rotatable bonds is 10. The van der Waals surface area contributed by atoms with Gasteiger partial charge in [0.05, 0.1) is 0 Å². The summed E-state index contributed by atoms with van der Waals surface area (Å²) < 4.78 is 0. The number of allylic oxidation sites excluding steroid dienone is 4. The zero-order valence-electron chi connectivity index (χ0n) is 11.5. The monoisotopic (exact) mass is 279 g/mol. The Morgan fingerprint density at radius 2 is 1.37 bits per heavy atom. The number of carbonyl (C=O) groups is 2. The van der Waals surface area contributed by atoms with Crippen LogP contribution >= 0.6 is 0 Å². The van der Waals surface area contributed by atoms with Crippen molar-refractivity contribution in [2.75, 3.05) is 5.75 Å². The van der Waals surface area contributed by atoms with Crippen LogP contribution in [-0.2, 0) is 22.2 Å². The van der Waals surface area contributed by atoms with Crippen LogP contribution in [0.15, 0.2) is 23.8 Å². The van der Waals surface area contributed by atoms with Gasteiger partial charge >= 0.3 is 0 Å². The fourth-order valence-electron chi connectivity index (χ4n) is 2.23. The smallest absolute Gasteiger partial charge is 0.182 e. The van der Waals surface area contributed by atoms with Crippen LogP contribution in [0.4, 0.5) is 0 Å². The Bertz CT molecular complexity index is 356. The lowest BCUT2D eigenvalue weighted by molar-refractivity contribution is -0.114. The summed E-state index contributed by atoms with van der Waals surface area (Å²) in [7, 11) is 0. The fourth-order valence-corrected chi connectivity index (χ4v) is 2.43. The first-order valence-electron chi connectivity index (χ1n) is 7.29. The molecule has 0 unspecified atom stereocenters. The molecule has 0 aromatic heterocycles. The van der Waals surface area contributed by atoms with E-state index in [9.17, 15) is 9.59 Å². The summed E-state index contributed by atoms with van der Waals surface area (Å²) in [6.07, 6.45) is 14.6. The van der Waals surface area contributed by atoms with Crippen LogP contribution < -0.4 is 0 Å². The van der Waals surface area contributed by atoms with E-state index in [1.807, 2.05) is 0 Å². The maximum Gasteiger partial charge on any atom is 0.182 e. The molecule has 3 heteroatoms. The van der Waals surface area contributed by atoms with E-state index in [4.69, 9.17) is 12.6 Å². The van der Waals surface area contributed by atoms with Gasteiger partial charge in [-0.3, -0.25) is 9.59 Å². The van der Waals surface area contributed by atoms with Crippen LogP contribution in [0, 0.1) is 0 Å². The lowest BCUT2D eigenvalue weighted by Crippen LogP contribution is -2.07. The third-order valence-electron chi connectivity index (χ3n) is 3.37. The Hall–Kier alpha value is -0.830. The van der Waals surface area contributed by atoms with Crippen LogP contribution in [-0.4, -0.2) is 17.3 Å². The molecule has 0 heterocycles. The summed E-state index contributed by atoms with van der Waals surface area (Å²) in [5.41, 5.74) is 0.679. The van der Waals surface area contributed by atoms with Gasteiger partial charge in [-0.05, 0) is 31.1 Å². The molecule has 0 amide bonds. The van der Waals surface area contributed by atoms with Crippen molar-refractivity contribution in [3.05, 3.63) is 23.8 Å². The van der Waals surface area contributed by atoms with Gasteiger partial charge in [0.1, 0.15) is 0 Å². The molecular weight excluding hydrogens is 256 g/mol. The van der Waals surface area contributed by atoms with E-state index in [1.165, 1.54) is 56.8 Å². The first-order chi connectivity index (χ1) is 9.24. The molecule has 1 aliphatic carbocycles. The molecule has 0 saturated heterocycles. The SMILES string of the molecule is O=C1C=CC(=O)C(CCCCCCCCCC[S-])=C1. The Balaban J connectivity index is 1.99. The largest absolute Gasteiger partial charge is 0.793 e. The van der Waals surface area contributed by atoms with E-state index in [0.717, 1.165) is 25.0 Å². The molecule has 2 nitrogen and oxygen atoms in total. The van der Waals surface area contributed by atoms with Crippen LogP contribution in [0.1, 0.15) is 57.8 Å². The fraction of sp³-hybridized carbons (Fsp3) is 0.625. The topological polar surface area (TPSA) is 34.1 Å². The van der Waals surface area contributed by atoms with Gasteiger partial charge in [0, 0.05) is 5.57 Å². The minimum atomic E-state index is -0.0589. The van der Waals surface area contributed by atoms with E-state index in [1.54, 1.807) is 0 Å². The predicted octanol–water partition coefficient (Wildman–Crippen LogP) is 3.68. The second-order valence-electron chi connectivity index (χ2n) is 5.05. The van der Waals surface area contributed by atoms with Crippen molar-refractivity contribution in [1.29, 1.82) is 0 Å². The number of hydrogen-bond acceptors (Lipinski definition) is 3. The Kier molecular flexibility index (Phi) is 8.55. The summed E-state index contributed by atoms with van der Waals surface area (Å²) >= 11 is 4.91. The normalized spacial score (nSPS) is 14.9. The van der Waals surface area contributed by atoms with Gasteiger partial charge in [0.25, 0.3) is 0 Å². The molecule has 106 valence electrons. The molecule has 0 bridgehead atoms. The zero-order chi connectivity index (χ0) is 13.9. The van der Waals surface area contributed by atoms with Crippen LogP contribution in [0.5, 0.6) is 0 Å². The van der Waals surface area contributed by atoms with Crippen molar-refractivity contribution in [2.24, 2.45) is 0 Å². The molecule has 19 heavy (non-hydrogen) atoms. The number of hydrogen-bond donors (Lipinski definition) is 0. The van der Waals surface area contributed by atoms with Gasteiger partial charge in [0.2, 0.25) is 0 Å². The van der Waals surface area contributed by atoms with E-state index in [0.29, 0.717) is 5.57 Å². The van der Waals surface area contributed by atoms with E-state index in [-0.39, 0.29) is 11.6 Å². The summed E-state index contributed by atoms with van der Waals surface area (Å²) in [6, 6.07) is 0. The predicted molar refractivity (Wildman–Crippen MR) is 81.0 cm³/mol. The molecule has 0 fully saturated rings. The Labute approximate surface area is 121 Å². The first kappa shape index (κ1) is 16.2. The summed E-state index contributed by atoms with van der Waals surface area (Å²) in [4.78, 5) is 22.6. The summed E-state index contributed by atoms with van der Waals surface area (Å²) in [6.45, 7) is 0. The minimum Gasteiger partial charge on any atom is -0.793 e. The van der Waals surface area contributed by atoms with Crippen molar-refractivity contribution in [2.45, 2.75) is 57.8 Å². The Morgan fingerprint density at radius 1 is 0.789 bits per heavy atom. The molecule has 0 N–H and O–H groups in total. The van der Waals surface area contributed by atoms with Crippen molar-refractivity contribution >= 4 is 24.2 Å². The van der Waals surface area contributed by atoms with Crippen LogP contribution in [0.3, 0.4) is 0 Å². The maximum absolute atomic E-state index is 11.5. The molecule has 0 spiro atoms. The number of unbranched alkanes of at least 4 members (excludes halogenated alkanes) is 7. The zero-order valence-corrected chi connectivity index (χ0v) is 12.3. The minimum absolute atomic E-state index is 0.00325. The van der Waals surface area contributed by atoms with Gasteiger partial charge in [-0.25, -0.2) is 0 Å². The lowest BCUT2D eigenvalue weighted by atomic mass is 9.97. The van der Waals surface area contributed by atoms with E-state index >= 15 is 0 Å². The standard InChI is InChI=1S/C16H24O2S/c17-15-10-11-16(18)14(13-15)9-7-5-3-1-2-4-6-8-12-19/h10-11,13,19H,1-9,12H2/p-1. The molecule has 0 aromatic carbocycles. The van der Waals surface area contributed by atoms with E-state index < -0.39 is 0 Å². The van der Waals surface area contributed by atoms with Crippen molar-refractivity contribution < 1.29 is 9.59 Å². The molecule has 0 atom stereocenters. The number of carbonyl (C=O) groups excluding carboxylic acids is 2. The second-order valence-corrected chi connectivity index (χ2v) is 5.46. The highest BCUT2D eigenvalue weighted by molar-refractivity contribution is 7.58. The van der Waals surface area contributed by atoms with Gasteiger partial charge in [-0.2, -0.15) is 5.75 Å². The summed E-state index contributed by atoms with van der Waals surface area (Å²) in [5, 5.41) is 0. The Morgan fingerprint density at radius 3 is 2.00 bits per heavy atom. The quantitative estimate of drug-likeness (QED) is 0.347. The number of ketones is 2. The first-order valence-corrected chi connectivity index (χ1v) is 7.87. The molecular formula is C16H23O2S-. The van der Waals surface area contributed by atoms with Gasteiger partial charge < -0.3 is 12.6 Å². The highest BCUT2D eigenvalue weighted by atomic mass is 32.1. The van der Waals surface area contributed by atoms with Crippen molar-refractivity contribution in [3.8, 4) is 0 Å². The van der Waals surface area contributed by atoms with Crippen molar-refractivity contribution in [3.63, 3.8) is 0 Å². The highest BCUT2D eigenvalue weighted by Crippen LogP contribution is 2.15. The lowest BCUT2D eigenvalue weighted by Gasteiger charge is -2.07. The average Bonchev–Trinajstić information content (AvgIpc) is 2.40. The van der Waals surface area contributed by atoms with Gasteiger partial charge in [0.15, 0.2) is 11.6 Å². The highest BCUT2D eigenvalue weighted by Gasteiger charge is 2.12. The third-order valence-corrected chi connectivity index (χ3v) is 3.66. The molecule has 0 aliphatic heterocycles.